The molecule has 2 aliphatic heterocycles. The number of likely N-dealkylation sites (tertiary alicyclic amines) is 1. The third-order valence-corrected chi connectivity index (χ3v) is 9.17. The molecule has 0 bridgehead atoms. The van der Waals surface area contributed by atoms with Gasteiger partial charge in [0.15, 0.2) is 11.3 Å². The average Bonchev–Trinajstić information content (AvgIpc) is 3.69. The number of fused-ring (bicyclic) bond motifs is 2. The maximum Gasteiger partial charge on any atom is 0.410 e. The summed E-state index contributed by atoms with van der Waals surface area (Å²) in [5.41, 5.74) is 3.00. The number of nitrogens with zero attached hydrogens (tertiary/aromatic N) is 7. The molecule has 0 spiro atoms. The second-order valence-corrected chi connectivity index (χ2v) is 14.1. The molecule has 0 radical (unpaired) electrons. The van der Waals surface area contributed by atoms with Gasteiger partial charge < -0.3 is 43.0 Å². The number of aryl methyl sites for hydroxylation is 2. The predicted molar refractivity (Wildman–Crippen MR) is 203 cm³/mol. The van der Waals surface area contributed by atoms with Gasteiger partial charge in [-0.1, -0.05) is 7.43 Å². The zero-order chi connectivity index (χ0) is 36.4. The van der Waals surface area contributed by atoms with Crippen LogP contribution in [-0.2, 0) is 27.3 Å². The molecular formula is C38H60N8O6. The predicted octanol–water partition coefficient (Wildman–Crippen LogP) is 6.17. The largest absolute Gasteiger partial charge is 0.481 e. The molecule has 4 aromatic rings. The Labute approximate surface area is 308 Å². The van der Waals surface area contributed by atoms with Gasteiger partial charge in [0.05, 0.1) is 14.2 Å². The van der Waals surface area contributed by atoms with Crippen molar-refractivity contribution in [1.82, 2.24) is 39.3 Å². The summed E-state index contributed by atoms with van der Waals surface area (Å²) < 4.78 is 31.0. The molecular weight excluding hydrogens is 664 g/mol. The Hall–Kier alpha value is -4.01. The van der Waals surface area contributed by atoms with E-state index in [9.17, 15) is 4.79 Å². The Morgan fingerprint density at radius 1 is 0.788 bits per heavy atom. The van der Waals surface area contributed by atoms with E-state index in [1.54, 1.807) is 33.3 Å². The van der Waals surface area contributed by atoms with E-state index >= 15 is 0 Å². The van der Waals surface area contributed by atoms with Gasteiger partial charge in [-0.2, -0.15) is 9.97 Å². The number of carbonyl (C=O) groups is 1. The van der Waals surface area contributed by atoms with Crippen LogP contribution >= 0.6 is 0 Å². The molecule has 1 N–H and O–H groups in total. The Kier molecular flexibility index (Phi) is 15.0. The first-order valence-corrected chi connectivity index (χ1v) is 18.1. The molecule has 1 amide bonds. The van der Waals surface area contributed by atoms with Crippen molar-refractivity contribution in [2.24, 2.45) is 0 Å². The van der Waals surface area contributed by atoms with Gasteiger partial charge in [0.1, 0.15) is 28.3 Å². The minimum absolute atomic E-state index is 0. The third kappa shape index (κ3) is 10.3. The summed E-state index contributed by atoms with van der Waals surface area (Å²) in [7, 11) is 6.69. The first-order valence-electron chi connectivity index (χ1n) is 18.1. The molecule has 2 fully saturated rings. The van der Waals surface area contributed by atoms with Crippen LogP contribution in [0.5, 0.6) is 11.8 Å². The Morgan fingerprint density at radius 2 is 1.33 bits per heavy atom. The van der Waals surface area contributed by atoms with E-state index in [-0.39, 0.29) is 19.4 Å². The van der Waals surface area contributed by atoms with Crippen molar-refractivity contribution in [3.8, 4) is 11.8 Å². The fourth-order valence-corrected chi connectivity index (χ4v) is 6.78. The molecule has 6 rings (SSSR count). The number of rotatable bonds is 12. The lowest BCUT2D eigenvalue weighted by Gasteiger charge is -2.34. The highest BCUT2D eigenvalue weighted by Crippen LogP contribution is 2.31. The fourth-order valence-electron chi connectivity index (χ4n) is 6.78. The maximum atomic E-state index is 12.6. The van der Waals surface area contributed by atoms with E-state index in [1.165, 1.54) is 12.8 Å². The van der Waals surface area contributed by atoms with E-state index in [0.29, 0.717) is 37.4 Å². The van der Waals surface area contributed by atoms with Crippen LogP contribution in [0, 0.1) is 0 Å². The highest BCUT2D eigenvalue weighted by atomic mass is 16.6. The van der Waals surface area contributed by atoms with Crippen LogP contribution in [0.25, 0.3) is 22.3 Å². The first kappa shape index (κ1) is 40.8. The number of hydrogen-bond acceptors (Lipinski definition) is 11. The second kappa shape index (κ2) is 19.2. The average molecular weight is 725 g/mol. The molecule has 6 heterocycles. The first-order chi connectivity index (χ1) is 24.6. The van der Waals surface area contributed by atoms with Crippen LogP contribution in [0.15, 0.2) is 24.3 Å². The van der Waals surface area contributed by atoms with Crippen molar-refractivity contribution >= 4 is 28.4 Å². The molecule has 14 nitrogen and oxygen atoms in total. The van der Waals surface area contributed by atoms with Gasteiger partial charge in [-0.15, -0.1) is 0 Å². The van der Waals surface area contributed by atoms with Gasteiger partial charge in [-0.25, -0.2) is 14.8 Å². The summed E-state index contributed by atoms with van der Waals surface area (Å²) in [5, 5.41) is 3.47. The number of amides is 1. The van der Waals surface area contributed by atoms with Crippen LogP contribution in [0.2, 0.25) is 0 Å². The van der Waals surface area contributed by atoms with Gasteiger partial charge in [-0.3, -0.25) is 0 Å². The van der Waals surface area contributed by atoms with E-state index < -0.39 is 5.60 Å². The van der Waals surface area contributed by atoms with Crippen LogP contribution in [0.3, 0.4) is 0 Å². The molecule has 0 saturated carbocycles. The van der Waals surface area contributed by atoms with Gasteiger partial charge in [-0.05, 0) is 78.0 Å². The van der Waals surface area contributed by atoms with Gasteiger partial charge >= 0.3 is 6.09 Å². The highest BCUT2D eigenvalue weighted by molar-refractivity contribution is 5.73. The number of hydrogen-bond donors (Lipinski definition) is 1. The molecule has 0 aliphatic carbocycles. The van der Waals surface area contributed by atoms with E-state index in [0.717, 1.165) is 92.4 Å². The number of aromatic nitrogens is 6. The molecule has 2 unspecified atom stereocenters. The van der Waals surface area contributed by atoms with Crippen molar-refractivity contribution in [1.29, 1.82) is 0 Å². The zero-order valence-electron chi connectivity index (χ0n) is 31.4. The Bertz CT molecular complexity index is 1710. The third-order valence-electron chi connectivity index (χ3n) is 9.17. The van der Waals surface area contributed by atoms with Crippen molar-refractivity contribution < 1.29 is 28.5 Å². The van der Waals surface area contributed by atoms with Gasteiger partial charge in [0.2, 0.25) is 11.8 Å². The summed E-state index contributed by atoms with van der Waals surface area (Å²) in [6, 6.07) is 7.63. The molecule has 52 heavy (non-hydrogen) atoms. The number of pyridine rings is 2. The second-order valence-electron chi connectivity index (χ2n) is 14.1. The molecule has 288 valence electrons. The number of imidazole rings is 2. The molecule has 2 saturated heterocycles. The van der Waals surface area contributed by atoms with Gasteiger partial charge in [0.25, 0.3) is 0 Å². The van der Waals surface area contributed by atoms with Crippen molar-refractivity contribution in [2.75, 3.05) is 67.8 Å². The number of methoxy groups -OCH3 is 4. The highest BCUT2D eigenvalue weighted by Gasteiger charge is 2.31. The monoisotopic (exact) mass is 724 g/mol. The van der Waals surface area contributed by atoms with E-state index in [2.05, 4.69) is 24.4 Å². The molecule has 14 heteroatoms. The van der Waals surface area contributed by atoms with E-state index in [4.69, 9.17) is 33.7 Å². The van der Waals surface area contributed by atoms with Crippen molar-refractivity contribution in [3.63, 3.8) is 0 Å². The van der Waals surface area contributed by atoms with Crippen LogP contribution in [-0.4, -0.2) is 113 Å². The SMILES string of the molecule is C.COCCCn1c(C2CCCN(C(=O)OC(C)(C)C)C2)nc2ccc(OC)nc21.COCCCn1c(C2CCCNC2)nc2ccc(OC)nc21. The lowest BCUT2D eigenvalue weighted by atomic mass is 9.97. The standard InChI is InChI=1S/C21H32N4O4.C16H24N4O2.CH4/c1-21(2,3)29-20(26)24-11-6-8-15(14-24)18-22-16-9-10-17(28-5)23-19(16)25(18)12-7-13-27-4;1-21-10-4-9-20-15(12-5-3-8-17-11-12)18-13-6-7-14(22-2)19-16(13)20;/h9-10,15H,6-8,11-14H2,1-5H3;6-7,12,17H,3-5,8-11H2,1-2H3;1H4. The fraction of sp³-hybridized carbons (Fsp3) is 0.658. The summed E-state index contributed by atoms with van der Waals surface area (Å²) in [6.45, 7) is 12.1. The maximum absolute atomic E-state index is 12.6. The van der Waals surface area contributed by atoms with Crippen molar-refractivity contribution in [2.45, 2.75) is 97.2 Å². The number of ether oxygens (including phenoxy) is 5. The normalized spacial score (nSPS) is 17.7. The Morgan fingerprint density at radius 3 is 1.81 bits per heavy atom. The number of nitrogens with one attached hydrogen (secondary N) is 1. The summed E-state index contributed by atoms with van der Waals surface area (Å²) in [6.07, 6.45) is 5.82. The smallest absolute Gasteiger partial charge is 0.410 e. The molecule has 2 atom stereocenters. The molecule has 2 aliphatic rings. The minimum Gasteiger partial charge on any atom is -0.481 e. The van der Waals surface area contributed by atoms with Gasteiger partial charge in [0, 0.05) is 84.1 Å². The zero-order valence-corrected chi connectivity index (χ0v) is 31.4. The summed E-state index contributed by atoms with van der Waals surface area (Å²) in [5.74, 6) is 3.89. The van der Waals surface area contributed by atoms with Crippen molar-refractivity contribution in [3.05, 3.63) is 35.9 Å². The van der Waals surface area contributed by atoms with Crippen LogP contribution in [0.1, 0.15) is 90.2 Å². The lowest BCUT2D eigenvalue weighted by Crippen LogP contribution is -2.42. The summed E-state index contributed by atoms with van der Waals surface area (Å²) >= 11 is 0. The quantitative estimate of drug-likeness (QED) is 0.168. The number of piperidine rings is 2. The minimum atomic E-state index is -0.502. The Balaban J connectivity index is 0.000000236. The number of carbonyl (C=O) groups excluding carboxylic acids is 1. The lowest BCUT2D eigenvalue weighted by molar-refractivity contribution is 0.0195. The summed E-state index contributed by atoms with van der Waals surface area (Å²) in [4.78, 5) is 33.3. The molecule has 0 aromatic carbocycles. The van der Waals surface area contributed by atoms with E-state index in [1.807, 2.05) is 45.0 Å². The molecule has 4 aromatic heterocycles. The van der Waals surface area contributed by atoms with Crippen LogP contribution in [0.4, 0.5) is 4.79 Å². The topological polar surface area (TPSA) is 140 Å². The van der Waals surface area contributed by atoms with Crippen LogP contribution < -0.4 is 14.8 Å².